The number of ether oxygens (including phenoxy) is 1. The van der Waals surface area contributed by atoms with E-state index >= 15 is 0 Å². The van der Waals surface area contributed by atoms with Gasteiger partial charge in [-0.05, 0) is 12.1 Å². The lowest BCUT2D eigenvalue weighted by atomic mass is 10.2. The lowest BCUT2D eigenvalue weighted by molar-refractivity contribution is 0.0398. The van der Waals surface area contributed by atoms with Crippen molar-refractivity contribution in [3.63, 3.8) is 0 Å². The van der Waals surface area contributed by atoms with Gasteiger partial charge in [-0.3, -0.25) is 9.69 Å². The van der Waals surface area contributed by atoms with Gasteiger partial charge in [0, 0.05) is 70.9 Å². The van der Waals surface area contributed by atoms with Gasteiger partial charge in [0.25, 0.3) is 5.91 Å². The molecule has 0 aliphatic carbocycles. The third-order valence-corrected chi connectivity index (χ3v) is 5.25. The Morgan fingerprint density at radius 3 is 2.45 bits per heavy atom. The van der Waals surface area contributed by atoms with Crippen molar-refractivity contribution >= 4 is 17.7 Å². The quantitative estimate of drug-likeness (QED) is 0.758. The monoisotopic (exact) mass is 397 g/mol. The van der Waals surface area contributed by atoms with Crippen molar-refractivity contribution in [3.8, 4) is 0 Å². The van der Waals surface area contributed by atoms with Crippen LogP contribution in [0.2, 0.25) is 0 Å². The van der Waals surface area contributed by atoms with Crippen LogP contribution in [0.1, 0.15) is 10.4 Å². The number of piperazine rings is 1. The first-order chi connectivity index (χ1) is 14.3. The van der Waals surface area contributed by atoms with Crippen LogP contribution in [-0.2, 0) is 4.74 Å². The Kier molecular flexibility index (Phi) is 6.48. The predicted molar refractivity (Wildman–Crippen MR) is 110 cm³/mol. The highest BCUT2D eigenvalue weighted by molar-refractivity contribution is 5.93. The molecule has 4 rings (SSSR count). The van der Waals surface area contributed by atoms with Crippen molar-refractivity contribution in [2.75, 3.05) is 75.8 Å². The summed E-state index contributed by atoms with van der Waals surface area (Å²) in [6.07, 6.45) is 5.01. The maximum Gasteiger partial charge on any atom is 0.257 e. The van der Waals surface area contributed by atoms with Crippen LogP contribution in [0, 0.1) is 0 Å². The highest BCUT2D eigenvalue weighted by Crippen LogP contribution is 2.14. The maximum atomic E-state index is 12.7. The molecule has 0 saturated carbocycles. The van der Waals surface area contributed by atoms with Gasteiger partial charge in [0.2, 0.25) is 5.95 Å². The van der Waals surface area contributed by atoms with Gasteiger partial charge < -0.3 is 19.9 Å². The Balaban J connectivity index is 1.24. The lowest BCUT2D eigenvalue weighted by Crippen LogP contribution is -2.49. The Hall–Kier alpha value is -2.78. The molecule has 0 unspecified atom stereocenters. The van der Waals surface area contributed by atoms with Gasteiger partial charge in [-0.25, -0.2) is 15.0 Å². The highest BCUT2D eigenvalue weighted by Gasteiger charge is 2.23. The molecule has 0 radical (unpaired) electrons. The number of morpholine rings is 1. The average molecular weight is 397 g/mol. The standard InChI is InChI=1S/C20H27N7O2/c28-19(27-9-7-26(8-10-27)18-3-1-2-4-21-18)17-15-23-20(24-16-17)22-5-6-25-11-13-29-14-12-25/h1-4,15-16H,5-14H2,(H,22,23,24). The van der Waals surface area contributed by atoms with Gasteiger partial charge in [-0.15, -0.1) is 0 Å². The van der Waals surface area contributed by atoms with Crippen LogP contribution in [0.3, 0.4) is 0 Å². The highest BCUT2D eigenvalue weighted by atomic mass is 16.5. The molecule has 1 amide bonds. The molecule has 29 heavy (non-hydrogen) atoms. The molecule has 1 N–H and O–H groups in total. The number of nitrogens with zero attached hydrogens (tertiary/aromatic N) is 6. The predicted octanol–water partition coefficient (Wildman–Crippen LogP) is 0.578. The Labute approximate surface area is 170 Å². The first-order valence-corrected chi connectivity index (χ1v) is 10.1. The summed E-state index contributed by atoms with van der Waals surface area (Å²) in [7, 11) is 0. The fraction of sp³-hybridized carbons (Fsp3) is 0.500. The van der Waals surface area contributed by atoms with E-state index in [9.17, 15) is 4.79 Å². The third kappa shape index (κ3) is 5.18. The number of nitrogens with one attached hydrogen (secondary N) is 1. The third-order valence-electron chi connectivity index (χ3n) is 5.25. The van der Waals surface area contributed by atoms with E-state index in [1.54, 1.807) is 18.6 Å². The van der Waals surface area contributed by atoms with E-state index in [1.807, 2.05) is 23.1 Å². The molecule has 4 heterocycles. The summed E-state index contributed by atoms with van der Waals surface area (Å²) in [5, 5.41) is 3.22. The number of carbonyl (C=O) groups is 1. The molecule has 2 aliphatic rings. The maximum absolute atomic E-state index is 12.7. The first-order valence-electron chi connectivity index (χ1n) is 10.1. The summed E-state index contributed by atoms with van der Waals surface area (Å²) in [4.78, 5) is 32.1. The van der Waals surface area contributed by atoms with Crippen LogP contribution in [0.15, 0.2) is 36.8 Å². The zero-order valence-corrected chi connectivity index (χ0v) is 16.5. The minimum atomic E-state index is -0.0227. The van der Waals surface area contributed by atoms with E-state index in [-0.39, 0.29) is 5.91 Å². The topological polar surface area (TPSA) is 86.7 Å². The van der Waals surface area contributed by atoms with Crippen molar-refractivity contribution < 1.29 is 9.53 Å². The minimum absolute atomic E-state index is 0.0227. The second-order valence-corrected chi connectivity index (χ2v) is 7.14. The molecule has 154 valence electrons. The summed E-state index contributed by atoms with van der Waals surface area (Å²) in [5.74, 6) is 1.48. The van der Waals surface area contributed by atoms with Crippen molar-refractivity contribution in [3.05, 3.63) is 42.4 Å². The van der Waals surface area contributed by atoms with E-state index in [4.69, 9.17) is 4.74 Å². The number of rotatable bonds is 6. The summed E-state index contributed by atoms with van der Waals surface area (Å²) >= 11 is 0. The lowest BCUT2D eigenvalue weighted by Gasteiger charge is -2.35. The molecule has 2 fully saturated rings. The zero-order valence-electron chi connectivity index (χ0n) is 16.5. The number of amides is 1. The van der Waals surface area contributed by atoms with Crippen LogP contribution in [0.5, 0.6) is 0 Å². The van der Waals surface area contributed by atoms with Gasteiger partial charge >= 0.3 is 0 Å². The van der Waals surface area contributed by atoms with Crippen LogP contribution in [-0.4, -0.2) is 96.2 Å². The normalized spacial score (nSPS) is 17.9. The molecule has 2 aliphatic heterocycles. The van der Waals surface area contributed by atoms with Crippen molar-refractivity contribution in [2.45, 2.75) is 0 Å². The molecular formula is C20H27N7O2. The van der Waals surface area contributed by atoms with E-state index in [0.717, 1.165) is 58.3 Å². The van der Waals surface area contributed by atoms with Gasteiger partial charge in [0.05, 0.1) is 18.8 Å². The Morgan fingerprint density at radius 1 is 1.00 bits per heavy atom. The summed E-state index contributed by atoms with van der Waals surface area (Å²) < 4.78 is 5.35. The van der Waals surface area contributed by atoms with Crippen LogP contribution in [0.25, 0.3) is 0 Å². The van der Waals surface area contributed by atoms with Crippen molar-refractivity contribution in [1.29, 1.82) is 0 Å². The number of carbonyl (C=O) groups excluding carboxylic acids is 1. The van der Waals surface area contributed by atoms with Gasteiger partial charge in [-0.2, -0.15) is 0 Å². The summed E-state index contributed by atoms with van der Waals surface area (Å²) in [6, 6.07) is 5.88. The molecule has 0 bridgehead atoms. The first kappa shape index (κ1) is 19.5. The number of pyridine rings is 1. The molecule has 2 saturated heterocycles. The molecule has 2 aromatic rings. The summed E-state index contributed by atoms with van der Waals surface area (Å²) in [5.41, 5.74) is 0.523. The Morgan fingerprint density at radius 2 is 1.76 bits per heavy atom. The molecule has 2 aromatic heterocycles. The van der Waals surface area contributed by atoms with Crippen LogP contribution >= 0.6 is 0 Å². The molecule has 0 atom stereocenters. The molecule has 0 aromatic carbocycles. The van der Waals surface area contributed by atoms with E-state index in [1.165, 1.54) is 0 Å². The SMILES string of the molecule is O=C(c1cnc(NCCN2CCOCC2)nc1)N1CCN(c2ccccn2)CC1. The van der Waals surface area contributed by atoms with E-state index in [0.29, 0.717) is 24.6 Å². The van der Waals surface area contributed by atoms with E-state index < -0.39 is 0 Å². The second-order valence-electron chi connectivity index (χ2n) is 7.14. The number of hydrogen-bond acceptors (Lipinski definition) is 8. The number of anilines is 2. The largest absolute Gasteiger partial charge is 0.379 e. The minimum Gasteiger partial charge on any atom is -0.379 e. The number of hydrogen-bond donors (Lipinski definition) is 1. The second kappa shape index (κ2) is 9.62. The van der Waals surface area contributed by atoms with Crippen LogP contribution in [0.4, 0.5) is 11.8 Å². The van der Waals surface area contributed by atoms with Gasteiger partial charge in [-0.1, -0.05) is 6.07 Å². The zero-order chi connectivity index (χ0) is 19.9. The molecule has 9 heteroatoms. The molecule has 9 nitrogen and oxygen atoms in total. The van der Waals surface area contributed by atoms with Gasteiger partial charge in [0.15, 0.2) is 0 Å². The molecule has 0 spiro atoms. The molecular weight excluding hydrogens is 370 g/mol. The summed E-state index contributed by atoms with van der Waals surface area (Å²) in [6.45, 7) is 8.07. The smallest absolute Gasteiger partial charge is 0.257 e. The van der Waals surface area contributed by atoms with Crippen molar-refractivity contribution in [2.24, 2.45) is 0 Å². The van der Waals surface area contributed by atoms with Crippen molar-refractivity contribution in [1.82, 2.24) is 24.8 Å². The van der Waals surface area contributed by atoms with Crippen LogP contribution < -0.4 is 10.2 Å². The average Bonchev–Trinajstić information content (AvgIpc) is 2.80. The fourth-order valence-electron chi connectivity index (χ4n) is 3.54. The van der Waals surface area contributed by atoms with Gasteiger partial charge in [0.1, 0.15) is 5.82 Å². The Bertz CT molecular complexity index is 773. The number of aromatic nitrogens is 3. The fourth-order valence-corrected chi connectivity index (χ4v) is 3.54. The van der Waals surface area contributed by atoms with E-state index in [2.05, 4.69) is 30.1 Å².